The van der Waals surface area contributed by atoms with Crippen LogP contribution in [0.1, 0.15) is 31.4 Å². The first-order valence-corrected chi connectivity index (χ1v) is 14.3. The summed E-state index contributed by atoms with van der Waals surface area (Å²) in [4.78, 5) is 32.4. The zero-order chi connectivity index (χ0) is 28.5. The van der Waals surface area contributed by atoms with Gasteiger partial charge in [0.25, 0.3) is 0 Å². The molecule has 1 fully saturated rings. The van der Waals surface area contributed by atoms with E-state index in [0.717, 1.165) is 25.2 Å². The third-order valence-electron chi connectivity index (χ3n) is 7.75. The number of ether oxygens (including phenoxy) is 2. The van der Waals surface area contributed by atoms with E-state index in [1.165, 1.54) is 5.56 Å². The second kappa shape index (κ2) is 14.6. The number of morpholine rings is 1. The van der Waals surface area contributed by atoms with Crippen LogP contribution in [0.15, 0.2) is 48.5 Å². The van der Waals surface area contributed by atoms with Gasteiger partial charge < -0.3 is 24.8 Å². The number of aliphatic hydroxyl groups excluding tert-OH is 1. The number of carbonyl (C=O) groups is 2. The largest absolute Gasteiger partial charge is 0.488 e. The Hall–Kier alpha value is -2.98. The van der Waals surface area contributed by atoms with E-state index in [2.05, 4.69) is 41.2 Å². The molecule has 0 spiro atoms. The van der Waals surface area contributed by atoms with Gasteiger partial charge in [-0.2, -0.15) is 0 Å². The predicted molar refractivity (Wildman–Crippen MR) is 155 cm³/mol. The second-order valence-corrected chi connectivity index (χ2v) is 11.1. The maximum Gasteiger partial charge on any atom is 0.227 e. The molecular weight excluding hydrogens is 508 g/mol. The molecule has 1 saturated heterocycles. The lowest BCUT2D eigenvalue weighted by atomic mass is 10.0. The van der Waals surface area contributed by atoms with Crippen LogP contribution in [0.3, 0.4) is 0 Å². The van der Waals surface area contributed by atoms with Gasteiger partial charge >= 0.3 is 0 Å². The average molecular weight is 553 g/mol. The summed E-state index contributed by atoms with van der Waals surface area (Å²) in [5.74, 6) is 0.559. The van der Waals surface area contributed by atoms with Gasteiger partial charge in [0.2, 0.25) is 11.8 Å². The molecule has 9 heteroatoms. The summed E-state index contributed by atoms with van der Waals surface area (Å²) in [5.41, 5.74) is 2.60. The summed E-state index contributed by atoms with van der Waals surface area (Å²) in [6.45, 7) is 9.58. The molecule has 218 valence electrons. The highest BCUT2D eigenvalue weighted by atomic mass is 16.5. The molecule has 2 aromatic rings. The molecule has 0 bridgehead atoms. The number of amides is 2. The molecule has 2 aliphatic heterocycles. The Morgan fingerprint density at radius 3 is 2.65 bits per heavy atom. The molecule has 2 amide bonds. The molecule has 40 heavy (non-hydrogen) atoms. The predicted octanol–water partition coefficient (Wildman–Crippen LogP) is 2.63. The fourth-order valence-electron chi connectivity index (χ4n) is 5.30. The van der Waals surface area contributed by atoms with Gasteiger partial charge in [-0.3, -0.25) is 19.4 Å². The zero-order valence-corrected chi connectivity index (χ0v) is 24.1. The minimum absolute atomic E-state index is 0.0293. The van der Waals surface area contributed by atoms with Gasteiger partial charge in [-0.15, -0.1) is 0 Å². The summed E-state index contributed by atoms with van der Waals surface area (Å²) in [6.07, 6.45) is 0.346. The van der Waals surface area contributed by atoms with Gasteiger partial charge in [-0.05, 0) is 37.7 Å². The molecule has 0 aromatic heterocycles. The van der Waals surface area contributed by atoms with Crippen LogP contribution in [0.2, 0.25) is 0 Å². The maximum atomic E-state index is 13.5. The third kappa shape index (κ3) is 8.51. The van der Waals surface area contributed by atoms with Crippen LogP contribution in [0.4, 0.5) is 5.69 Å². The average Bonchev–Trinajstić information content (AvgIpc) is 3.00. The van der Waals surface area contributed by atoms with Crippen LogP contribution >= 0.6 is 0 Å². The summed E-state index contributed by atoms with van der Waals surface area (Å²) in [5, 5.41) is 12.9. The van der Waals surface area contributed by atoms with Crippen LogP contribution in [0.25, 0.3) is 0 Å². The van der Waals surface area contributed by atoms with Gasteiger partial charge in [0.1, 0.15) is 11.9 Å². The van der Waals surface area contributed by atoms with E-state index in [9.17, 15) is 14.7 Å². The van der Waals surface area contributed by atoms with Crippen molar-refractivity contribution in [2.75, 3.05) is 64.9 Å². The fraction of sp³-hybridized carbons (Fsp3) is 0.548. The van der Waals surface area contributed by atoms with Gasteiger partial charge in [0, 0.05) is 62.9 Å². The number of nitrogens with zero attached hydrogens (tertiary/aromatic N) is 3. The van der Waals surface area contributed by atoms with E-state index in [4.69, 9.17) is 9.47 Å². The number of likely N-dealkylation sites (N-methyl/N-ethyl adjacent to an activating group) is 1. The van der Waals surface area contributed by atoms with Crippen molar-refractivity contribution in [3.63, 3.8) is 0 Å². The van der Waals surface area contributed by atoms with Gasteiger partial charge in [0.15, 0.2) is 0 Å². The Morgan fingerprint density at radius 1 is 1.18 bits per heavy atom. The molecule has 3 atom stereocenters. The highest BCUT2D eigenvalue weighted by Crippen LogP contribution is 2.29. The van der Waals surface area contributed by atoms with Crippen molar-refractivity contribution in [3.05, 3.63) is 59.7 Å². The van der Waals surface area contributed by atoms with Crippen LogP contribution in [0.5, 0.6) is 5.75 Å². The Balaban J connectivity index is 1.50. The normalized spacial score (nSPS) is 21.1. The van der Waals surface area contributed by atoms with Crippen molar-refractivity contribution < 1.29 is 24.2 Å². The standard InChI is InChI=1S/C31H44N4O5/c1-23-19-35(24(2)22-36)31(38)18-26-17-27(32-30(37)11-12-34-13-15-39-16-14-34)9-10-28(26)40-29(23)21-33(3)20-25-7-5-4-6-8-25/h4-10,17,23-24,29,36H,11-16,18-22H2,1-3H3,(H,32,37)/t23-,24+,29+/m1/s1. The van der Waals surface area contributed by atoms with Crippen molar-refractivity contribution in [1.29, 1.82) is 0 Å². The van der Waals surface area contributed by atoms with Crippen molar-refractivity contribution >= 4 is 17.5 Å². The lowest BCUT2D eigenvalue weighted by Gasteiger charge is -2.34. The Morgan fingerprint density at radius 2 is 1.93 bits per heavy atom. The number of rotatable bonds is 10. The number of anilines is 1. The van der Waals surface area contributed by atoms with Crippen LogP contribution < -0.4 is 10.1 Å². The number of benzene rings is 2. The third-order valence-corrected chi connectivity index (χ3v) is 7.75. The Bertz CT molecular complexity index is 1110. The number of fused-ring (bicyclic) bond motifs is 1. The second-order valence-electron chi connectivity index (χ2n) is 11.1. The van der Waals surface area contributed by atoms with Crippen LogP contribution in [0, 0.1) is 5.92 Å². The molecule has 2 heterocycles. The lowest BCUT2D eigenvalue weighted by molar-refractivity contribution is -0.134. The van der Waals surface area contributed by atoms with E-state index >= 15 is 0 Å². The molecule has 4 rings (SSSR count). The highest BCUT2D eigenvalue weighted by molar-refractivity contribution is 5.91. The maximum absolute atomic E-state index is 13.5. The SMILES string of the molecule is C[C@@H]1CN([C@@H](C)CO)C(=O)Cc2cc(NC(=O)CCN3CCOCC3)ccc2O[C@H]1CN(C)Cc1ccccc1. The van der Waals surface area contributed by atoms with Crippen molar-refractivity contribution in [3.8, 4) is 5.75 Å². The molecule has 2 aromatic carbocycles. The Kier molecular flexibility index (Phi) is 10.9. The quantitative estimate of drug-likeness (QED) is 0.468. The lowest BCUT2D eigenvalue weighted by Crippen LogP contribution is -2.47. The molecular formula is C31H44N4O5. The molecule has 0 saturated carbocycles. The topological polar surface area (TPSA) is 94.6 Å². The number of carbonyl (C=O) groups excluding carboxylic acids is 2. The van der Waals surface area contributed by atoms with E-state index in [-0.39, 0.29) is 42.9 Å². The number of hydrogen-bond acceptors (Lipinski definition) is 7. The fourth-order valence-corrected chi connectivity index (χ4v) is 5.30. The van der Waals surface area contributed by atoms with Crippen LogP contribution in [-0.2, 0) is 27.3 Å². The van der Waals surface area contributed by atoms with Crippen molar-refractivity contribution in [2.24, 2.45) is 5.92 Å². The summed E-state index contributed by atoms with van der Waals surface area (Å²) < 4.78 is 12.0. The smallest absolute Gasteiger partial charge is 0.227 e. The van der Waals surface area contributed by atoms with E-state index in [0.29, 0.717) is 50.7 Å². The molecule has 9 nitrogen and oxygen atoms in total. The zero-order valence-electron chi connectivity index (χ0n) is 24.1. The Labute approximate surface area is 238 Å². The first kappa shape index (κ1) is 30.0. The molecule has 0 aliphatic carbocycles. The summed E-state index contributed by atoms with van der Waals surface area (Å²) in [6, 6.07) is 15.6. The minimum Gasteiger partial charge on any atom is -0.488 e. The van der Waals surface area contributed by atoms with E-state index < -0.39 is 0 Å². The number of hydrogen-bond donors (Lipinski definition) is 2. The van der Waals surface area contributed by atoms with Gasteiger partial charge in [0.05, 0.1) is 32.3 Å². The monoisotopic (exact) mass is 552 g/mol. The molecule has 0 radical (unpaired) electrons. The summed E-state index contributed by atoms with van der Waals surface area (Å²) in [7, 11) is 2.07. The van der Waals surface area contributed by atoms with E-state index in [1.54, 1.807) is 4.90 Å². The molecule has 0 unspecified atom stereocenters. The number of nitrogens with one attached hydrogen (secondary N) is 1. The summed E-state index contributed by atoms with van der Waals surface area (Å²) >= 11 is 0. The van der Waals surface area contributed by atoms with Crippen molar-refractivity contribution in [2.45, 2.75) is 45.4 Å². The minimum atomic E-state index is -0.303. The van der Waals surface area contributed by atoms with Crippen LogP contribution in [-0.4, -0.2) is 103 Å². The van der Waals surface area contributed by atoms with Gasteiger partial charge in [-0.25, -0.2) is 0 Å². The number of aliphatic hydroxyl groups is 1. The first-order valence-electron chi connectivity index (χ1n) is 14.3. The molecule has 2 aliphatic rings. The molecule has 2 N–H and O–H groups in total. The highest BCUT2D eigenvalue weighted by Gasteiger charge is 2.31. The first-order chi connectivity index (χ1) is 19.3. The van der Waals surface area contributed by atoms with Gasteiger partial charge in [-0.1, -0.05) is 37.3 Å². The van der Waals surface area contributed by atoms with E-state index in [1.807, 2.05) is 43.3 Å². The van der Waals surface area contributed by atoms with Crippen molar-refractivity contribution in [1.82, 2.24) is 14.7 Å².